The lowest BCUT2D eigenvalue weighted by Gasteiger charge is -2.08. The molecule has 0 radical (unpaired) electrons. The lowest BCUT2D eigenvalue weighted by Crippen LogP contribution is -2.05. The highest BCUT2D eigenvalue weighted by Crippen LogP contribution is 2.12. The molecule has 0 aromatic carbocycles. The Balaban J connectivity index is 3.28. The van der Waals surface area contributed by atoms with Crippen molar-refractivity contribution >= 4 is 5.97 Å². The van der Waals surface area contributed by atoms with Gasteiger partial charge < -0.3 is 10.2 Å². The van der Waals surface area contributed by atoms with Crippen molar-refractivity contribution in [1.29, 1.82) is 0 Å². The molecule has 0 saturated heterocycles. The van der Waals surface area contributed by atoms with E-state index in [-0.39, 0.29) is 12.5 Å². The molecule has 0 saturated carbocycles. The second-order valence-corrected chi connectivity index (χ2v) is 5.90. The molecule has 0 aliphatic heterocycles. The lowest BCUT2D eigenvalue weighted by atomic mass is 10.0. The zero-order valence-electron chi connectivity index (χ0n) is 13.7. The van der Waals surface area contributed by atoms with Gasteiger partial charge in [-0.2, -0.15) is 0 Å². The fourth-order valence-electron chi connectivity index (χ4n) is 2.38. The SMILES string of the molecule is CCCCCCCCCC(O)CCC=CCCCC(=O)O. The number of aliphatic hydroxyl groups is 1. The van der Waals surface area contributed by atoms with Gasteiger partial charge >= 0.3 is 5.97 Å². The smallest absolute Gasteiger partial charge is 0.303 e. The molecule has 1 atom stereocenters. The minimum absolute atomic E-state index is 0.177. The monoisotopic (exact) mass is 298 g/mol. The van der Waals surface area contributed by atoms with Gasteiger partial charge in [0.1, 0.15) is 0 Å². The Morgan fingerprint density at radius 1 is 0.905 bits per heavy atom. The molecule has 0 spiro atoms. The van der Waals surface area contributed by atoms with Gasteiger partial charge in [0.05, 0.1) is 6.10 Å². The second-order valence-electron chi connectivity index (χ2n) is 5.90. The van der Waals surface area contributed by atoms with E-state index in [9.17, 15) is 9.90 Å². The minimum atomic E-state index is -0.728. The van der Waals surface area contributed by atoms with E-state index in [1.807, 2.05) is 6.08 Å². The van der Waals surface area contributed by atoms with E-state index in [2.05, 4.69) is 13.0 Å². The summed E-state index contributed by atoms with van der Waals surface area (Å²) in [4.78, 5) is 10.3. The molecule has 0 rings (SSSR count). The van der Waals surface area contributed by atoms with Crippen LogP contribution in [0, 0.1) is 0 Å². The summed E-state index contributed by atoms with van der Waals surface area (Å²) in [6, 6.07) is 0. The number of rotatable bonds is 15. The van der Waals surface area contributed by atoms with Crippen molar-refractivity contribution in [1.82, 2.24) is 0 Å². The summed E-state index contributed by atoms with van der Waals surface area (Å²) in [6.07, 6.45) is 17.3. The summed E-state index contributed by atoms with van der Waals surface area (Å²) in [6.45, 7) is 2.23. The zero-order chi connectivity index (χ0) is 15.8. The van der Waals surface area contributed by atoms with Gasteiger partial charge in [-0.25, -0.2) is 0 Å². The molecule has 1 unspecified atom stereocenters. The quantitative estimate of drug-likeness (QED) is 0.327. The molecular weight excluding hydrogens is 264 g/mol. The molecule has 0 amide bonds. The van der Waals surface area contributed by atoms with E-state index in [0.29, 0.717) is 6.42 Å². The first-order valence-electron chi connectivity index (χ1n) is 8.71. The molecule has 2 N–H and O–H groups in total. The Morgan fingerprint density at radius 2 is 1.52 bits per heavy atom. The maximum Gasteiger partial charge on any atom is 0.303 e. The van der Waals surface area contributed by atoms with Gasteiger partial charge in [0, 0.05) is 6.42 Å². The molecule has 0 aliphatic carbocycles. The van der Waals surface area contributed by atoms with E-state index in [1.54, 1.807) is 0 Å². The summed E-state index contributed by atoms with van der Waals surface area (Å²) in [5.41, 5.74) is 0. The number of hydrogen-bond donors (Lipinski definition) is 2. The molecule has 3 nitrogen and oxygen atoms in total. The van der Waals surface area contributed by atoms with E-state index in [1.165, 1.54) is 38.5 Å². The highest BCUT2D eigenvalue weighted by Gasteiger charge is 2.02. The molecule has 3 heteroatoms. The second kappa shape index (κ2) is 15.6. The lowest BCUT2D eigenvalue weighted by molar-refractivity contribution is -0.137. The van der Waals surface area contributed by atoms with Gasteiger partial charge in [0.15, 0.2) is 0 Å². The maximum atomic E-state index is 10.3. The van der Waals surface area contributed by atoms with Crippen molar-refractivity contribution in [2.24, 2.45) is 0 Å². The molecule has 0 aromatic rings. The van der Waals surface area contributed by atoms with Crippen LogP contribution in [0.2, 0.25) is 0 Å². The number of aliphatic carboxylic acids is 1. The van der Waals surface area contributed by atoms with Crippen LogP contribution in [0.5, 0.6) is 0 Å². The average molecular weight is 298 g/mol. The van der Waals surface area contributed by atoms with Crippen LogP contribution >= 0.6 is 0 Å². The first-order chi connectivity index (χ1) is 10.2. The van der Waals surface area contributed by atoms with Crippen LogP contribution in [0.15, 0.2) is 12.2 Å². The molecular formula is C18H34O3. The van der Waals surface area contributed by atoms with Crippen molar-refractivity contribution in [3.05, 3.63) is 12.2 Å². The van der Waals surface area contributed by atoms with E-state index >= 15 is 0 Å². The van der Waals surface area contributed by atoms with Crippen LogP contribution in [-0.4, -0.2) is 22.3 Å². The first-order valence-corrected chi connectivity index (χ1v) is 8.71. The van der Waals surface area contributed by atoms with Crippen LogP contribution < -0.4 is 0 Å². The Kier molecular flexibility index (Phi) is 14.9. The van der Waals surface area contributed by atoms with Crippen molar-refractivity contribution in [3.63, 3.8) is 0 Å². The summed E-state index contributed by atoms with van der Waals surface area (Å²) >= 11 is 0. The van der Waals surface area contributed by atoms with Gasteiger partial charge in [0.2, 0.25) is 0 Å². The Labute approximate surface area is 130 Å². The Hall–Kier alpha value is -0.830. The maximum absolute atomic E-state index is 10.3. The third kappa shape index (κ3) is 17.1. The zero-order valence-corrected chi connectivity index (χ0v) is 13.7. The number of hydrogen-bond acceptors (Lipinski definition) is 2. The van der Waals surface area contributed by atoms with Crippen molar-refractivity contribution in [3.8, 4) is 0 Å². The van der Waals surface area contributed by atoms with Crippen LogP contribution in [-0.2, 0) is 4.79 Å². The Morgan fingerprint density at radius 3 is 2.19 bits per heavy atom. The summed E-state index contributed by atoms with van der Waals surface area (Å²) in [7, 11) is 0. The third-order valence-electron chi connectivity index (χ3n) is 3.74. The number of carbonyl (C=O) groups is 1. The number of allylic oxidation sites excluding steroid dienone is 2. The molecule has 0 fully saturated rings. The molecule has 124 valence electrons. The van der Waals surface area contributed by atoms with E-state index < -0.39 is 5.97 Å². The van der Waals surface area contributed by atoms with Gasteiger partial charge in [0.25, 0.3) is 0 Å². The Bertz CT molecular complexity index is 261. The molecule has 0 aliphatic rings. The number of carboxylic acid groups (broad SMARTS) is 1. The van der Waals surface area contributed by atoms with Crippen LogP contribution in [0.4, 0.5) is 0 Å². The first kappa shape index (κ1) is 20.2. The molecule has 0 heterocycles. The van der Waals surface area contributed by atoms with Gasteiger partial charge in [-0.05, 0) is 32.1 Å². The number of aliphatic hydroxyl groups excluding tert-OH is 1. The van der Waals surface area contributed by atoms with Crippen LogP contribution in [0.25, 0.3) is 0 Å². The highest BCUT2D eigenvalue weighted by molar-refractivity contribution is 5.66. The fraction of sp³-hybridized carbons (Fsp3) is 0.833. The van der Waals surface area contributed by atoms with Crippen LogP contribution in [0.1, 0.15) is 90.4 Å². The molecule has 21 heavy (non-hydrogen) atoms. The number of carboxylic acids is 1. The fourth-order valence-corrected chi connectivity index (χ4v) is 2.38. The van der Waals surface area contributed by atoms with E-state index in [0.717, 1.165) is 32.1 Å². The van der Waals surface area contributed by atoms with Crippen molar-refractivity contribution in [2.45, 2.75) is 96.5 Å². The van der Waals surface area contributed by atoms with E-state index in [4.69, 9.17) is 5.11 Å². The largest absolute Gasteiger partial charge is 0.481 e. The van der Waals surface area contributed by atoms with Gasteiger partial charge in [-0.3, -0.25) is 4.79 Å². The summed E-state index contributed by atoms with van der Waals surface area (Å²) in [5.74, 6) is -0.728. The number of unbranched alkanes of at least 4 members (excludes halogenated alkanes) is 7. The van der Waals surface area contributed by atoms with Crippen molar-refractivity contribution < 1.29 is 15.0 Å². The highest BCUT2D eigenvalue weighted by atomic mass is 16.4. The normalized spacial score (nSPS) is 12.9. The molecule has 0 bridgehead atoms. The summed E-state index contributed by atoms with van der Waals surface area (Å²) in [5, 5.41) is 18.3. The van der Waals surface area contributed by atoms with Crippen molar-refractivity contribution in [2.75, 3.05) is 0 Å². The summed E-state index contributed by atoms with van der Waals surface area (Å²) < 4.78 is 0. The predicted octanol–water partition coefficient (Wildman–Crippen LogP) is 5.08. The topological polar surface area (TPSA) is 57.5 Å². The predicted molar refractivity (Wildman–Crippen MR) is 88.5 cm³/mol. The third-order valence-corrected chi connectivity index (χ3v) is 3.74. The van der Waals surface area contributed by atoms with Crippen LogP contribution in [0.3, 0.4) is 0 Å². The standard InChI is InChI=1S/C18H34O3/c1-2-3-4-5-6-8-11-14-17(19)15-12-9-7-10-13-16-18(20)21/h7,9,17,19H,2-6,8,10-16H2,1H3,(H,20,21). The van der Waals surface area contributed by atoms with Gasteiger partial charge in [-0.1, -0.05) is 64.0 Å². The minimum Gasteiger partial charge on any atom is -0.481 e. The average Bonchev–Trinajstić information content (AvgIpc) is 2.45. The molecule has 0 aromatic heterocycles. The van der Waals surface area contributed by atoms with Gasteiger partial charge in [-0.15, -0.1) is 0 Å².